The standard InChI is InChI=1S/C62H78FN10O14PS/c1-33-24-39(10-8-9-11-52(77)70-55(62(5,6)7)60(82)72-29-44(75)28-49(72)58(80)66-34(2)37-12-14-38(15-13-37)54-35(3)65-32-89-54)53(63)50(25-33)87-31-42(17-21-51(64)76)67-57(79)48-20-18-43-22-23-71(36(4)74)30-47(59(81)73(43)48)69-56(78)46-27-41-26-40(16-19-45(41)68-46)61(83)88(84,85)86/h12-16,19,24-27,32,34,42-44,47-49,55,68,75H,8-11,17-18,20-23,28-31H2,1-7H3,(H2,64,76)(H,66,80)(H,67,79)(H,69,78)(H,70,77)(H2,84,85,86)/t34-,42-,43+,44+,47-,48-,49-,55+/m0/s1. The van der Waals surface area contributed by atoms with Gasteiger partial charge in [-0.2, -0.15) is 0 Å². The van der Waals surface area contributed by atoms with E-state index in [0.717, 1.165) is 21.7 Å². The fourth-order valence-corrected chi connectivity index (χ4v) is 13.1. The molecule has 0 spiro atoms. The van der Waals surface area contributed by atoms with Crippen molar-refractivity contribution >= 4 is 82.6 Å². The number of benzene rings is 3. The summed E-state index contributed by atoms with van der Waals surface area (Å²) in [5.74, 6) is -5.24. The second-order valence-corrected chi connectivity index (χ2v) is 26.8. The molecule has 89 heavy (non-hydrogen) atoms. The molecule has 8 atom stereocenters. The minimum absolute atomic E-state index is 0.00973. The van der Waals surface area contributed by atoms with Gasteiger partial charge < -0.3 is 66.3 Å². The maximum absolute atomic E-state index is 16.4. The molecular weight excluding hydrogens is 1190 g/mol. The van der Waals surface area contributed by atoms with Crippen molar-refractivity contribution < 1.29 is 71.7 Å². The lowest BCUT2D eigenvalue weighted by molar-refractivity contribution is -0.145. The number of thiazole rings is 1. The van der Waals surface area contributed by atoms with Crippen LogP contribution in [0.15, 0.2) is 66.2 Å². The van der Waals surface area contributed by atoms with Gasteiger partial charge in [0, 0.05) is 68.3 Å². The number of aliphatic hydroxyl groups is 1. The number of carbonyl (C=O) groups is 9. The molecule has 3 aliphatic rings. The molecular formula is C62H78FN10O14PS. The van der Waals surface area contributed by atoms with Crippen LogP contribution in [0, 0.1) is 25.1 Å². The average Bonchev–Trinajstić information content (AvgIpc) is 1.84. The summed E-state index contributed by atoms with van der Waals surface area (Å²) in [5, 5.41) is 22.5. The number of halogens is 1. The number of primary amides is 1. The summed E-state index contributed by atoms with van der Waals surface area (Å²) in [5.41, 5.74) is 8.83. The van der Waals surface area contributed by atoms with E-state index in [2.05, 4.69) is 31.2 Å². The number of rotatable bonds is 23. The molecule has 8 amide bonds. The molecule has 5 aromatic rings. The molecule has 10 N–H and O–H groups in total. The highest BCUT2D eigenvalue weighted by Crippen LogP contribution is 2.40. The number of aliphatic hydroxyl groups excluding tert-OH is 1. The third-order valence-electron chi connectivity index (χ3n) is 16.6. The Morgan fingerprint density at radius 1 is 0.910 bits per heavy atom. The number of ether oxygens (including phenoxy) is 1. The number of unbranched alkanes of at least 4 members (excludes halogenated alkanes) is 1. The lowest BCUT2D eigenvalue weighted by Gasteiger charge is -2.38. The molecule has 3 fully saturated rings. The first kappa shape index (κ1) is 67.0. The Labute approximate surface area is 518 Å². The molecule has 3 aliphatic heterocycles. The minimum Gasteiger partial charge on any atom is -0.488 e. The van der Waals surface area contributed by atoms with Crippen LogP contribution >= 0.6 is 18.9 Å². The lowest BCUT2D eigenvalue weighted by atomic mass is 9.85. The number of carbonyl (C=O) groups excluding carboxylic acids is 9. The highest BCUT2D eigenvalue weighted by Gasteiger charge is 2.47. The summed E-state index contributed by atoms with van der Waals surface area (Å²) in [6, 6.07) is 9.73. The molecule has 24 nitrogen and oxygen atoms in total. The topological polar surface area (TPSA) is 353 Å². The van der Waals surface area contributed by atoms with Crippen molar-refractivity contribution in [1.82, 2.24) is 45.9 Å². The molecule has 8 rings (SSSR count). The quantitative estimate of drug-likeness (QED) is 0.0307. The highest BCUT2D eigenvalue weighted by molar-refractivity contribution is 7.70. The van der Waals surface area contributed by atoms with Gasteiger partial charge in [-0.3, -0.25) is 47.7 Å². The summed E-state index contributed by atoms with van der Waals surface area (Å²) in [6.45, 7) is 11.8. The zero-order valence-electron chi connectivity index (χ0n) is 50.8. The van der Waals surface area contributed by atoms with Gasteiger partial charge in [-0.05, 0) is 124 Å². The number of nitrogens with zero attached hydrogens (tertiary/aromatic N) is 4. The van der Waals surface area contributed by atoms with Gasteiger partial charge in [-0.25, -0.2) is 9.37 Å². The van der Waals surface area contributed by atoms with E-state index in [4.69, 9.17) is 10.5 Å². The maximum atomic E-state index is 16.4. The molecule has 5 heterocycles. The number of aryl methyl sites for hydroxylation is 3. The number of fused-ring (bicyclic) bond motifs is 2. The number of likely N-dealkylation sites (tertiary alicyclic amines) is 1. The van der Waals surface area contributed by atoms with Crippen molar-refractivity contribution in [2.75, 3.05) is 26.2 Å². The number of hydrogen-bond acceptors (Lipinski definition) is 14. The molecule has 0 bridgehead atoms. The van der Waals surface area contributed by atoms with Gasteiger partial charge in [0.1, 0.15) is 36.5 Å². The van der Waals surface area contributed by atoms with E-state index in [0.29, 0.717) is 42.3 Å². The van der Waals surface area contributed by atoms with Crippen molar-refractivity contribution in [1.29, 1.82) is 0 Å². The van der Waals surface area contributed by atoms with Gasteiger partial charge in [-0.15, -0.1) is 11.3 Å². The first-order valence-electron chi connectivity index (χ1n) is 29.7. The summed E-state index contributed by atoms with van der Waals surface area (Å²) in [4.78, 5) is 153. The SMILES string of the molecule is CC(=O)N1CC[C@H]2CC[C@@H](C(=O)N[C@@H](CCC(N)=O)COc3cc(C)cc(CCCCC(=O)N[C@H](C(=O)N4C[C@H](O)C[C@H]4C(=O)N[C@@H](C)c4ccc(-c5scnc5C)cc4)C(C)(C)C)c3F)N2C(=O)[C@@H](NC(=O)c2cc3cc(C(=O)P(=O)(O)O)ccc3[nH]2)C1. The summed E-state index contributed by atoms with van der Waals surface area (Å²) >= 11 is 1.54. The van der Waals surface area contributed by atoms with E-state index in [1.807, 2.05) is 38.1 Å². The number of β-amino-alcohol motifs (C(OH)–C–C–N with tert-alkyl or cyclic N) is 1. The fourth-order valence-electron chi connectivity index (χ4n) is 11.8. The molecule has 0 radical (unpaired) electrons. The molecule has 478 valence electrons. The third kappa shape index (κ3) is 16.5. The number of hydrogen-bond donors (Lipinski definition) is 9. The van der Waals surface area contributed by atoms with Crippen LogP contribution < -0.4 is 31.7 Å². The van der Waals surface area contributed by atoms with Gasteiger partial charge in [0.2, 0.25) is 41.4 Å². The van der Waals surface area contributed by atoms with Crippen molar-refractivity contribution in [3.63, 3.8) is 0 Å². The van der Waals surface area contributed by atoms with Gasteiger partial charge in [0.15, 0.2) is 11.6 Å². The molecule has 0 saturated carbocycles. The number of H-pyrrole nitrogens is 1. The number of nitrogens with one attached hydrogen (secondary N) is 5. The fraction of sp³-hybridized carbons (Fsp3) is 0.484. The van der Waals surface area contributed by atoms with Crippen LogP contribution in [-0.2, 0) is 44.5 Å². The van der Waals surface area contributed by atoms with Gasteiger partial charge in [0.25, 0.3) is 11.4 Å². The van der Waals surface area contributed by atoms with Gasteiger partial charge in [0.05, 0.1) is 34.3 Å². The van der Waals surface area contributed by atoms with Crippen LogP contribution in [0.5, 0.6) is 5.75 Å². The number of amides is 8. The van der Waals surface area contributed by atoms with E-state index in [9.17, 15) is 62.6 Å². The molecule has 3 aromatic carbocycles. The van der Waals surface area contributed by atoms with E-state index in [1.54, 1.807) is 50.6 Å². The van der Waals surface area contributed by atoms with Crippen LogP contribution in [0.2, 0.25) is 0 Å². The van der Waals surface area contributed by atoms with Gasteiger partial charge in [-0.1, -0.05) is 51.1 Å². The summed E-state index contributed by atoms with van der Waals surface area (Å²) in [7, 11) is -5.11. The minimum atomic E-state index is -5.11. The third-order valence-corrected chi connectivity index (χ3v) is 18.3. The van der Waals surface area contributed by atoms with E-state index >= 15 is 4.39 Å². The van der Waals surface area contributed by atoms with Crippen LogP contribution in [-0.4, -0.2) is 161 Å². The molecule has 3 saturated heterocycles. The van der Waals surface area contributed by atoms with Crippen molar-refractivity contribution in [3.05, 3.63) is 106 Å². The normalized spacial score (nSPS) is 19.8. The van der Waals surface area contributed by atoms with Crippen molar-refractivity contribution in [2.45, 2.75) is 161 Å². The van der Waals surface area contributed by atoms with E-state index in [1.165, 1.54) is 52.0 Å². The van der Waals surface area contributed by atoms with Gasteiger partial charge >= 0.3 is 7.60 Å². The Hall–Kier alpha value is -7.90. The smallest absolute Gasteiger partial charge is 0.396 e. The number of aromatic amines is 1. The Kier molecular flexibility index (Phi) is 21.3. The van der Waals surface area contributed by atoms with Crippen LogP contribution in [0.4, 0.5) is 4.39 Å². The second-order valence-electron chi connectivity index (χ2n) is 24.5. The predicted molar refractivity (Wildman–Crippen MR) is 327 cm³/mol. The first-order valence-corrected chi connectivity index (χ1v) is 32.2. The zero-order valence-corrected chi connectivity index (χ0v) is 52.5. The number of aromatic nitrogens is 2. The first-order chi connectivity index (χ1) is 42.0. The lowest BCUT2D eigenvalue weighted by Crippen LogP contribution is -2.61. The van der Waals surface area contributed by atoms with E-state index < -0.39 is 114 Å². The monoisotopic (exact) mass is 1270 g/mol. The number of nitrogens with two attached hydrogens (primary N) is 1. The largest absolute Gasteiger partial charge is 0.488 e. The van der Waals surface area contributed by atoms with Crippen LogP contribution in [0.25, 0.3) is 21.3 Å². The summed E-state index contributed by atoms with van der Waals surface area (Å²) in [6.07, 6.45) is 0.619. The molecule has 0 unspecified atom stereocenters. The summed E-state index contributed by atoms with van der Waals surface area (Å²) < 4.78 is 34.0. The highest BCUT2D eigenvalue weighted by atomic mass is 32.1. The predicted octanol–water partition coefficient (Wildman–Crippen LogP) is 4.99. The van der Waals surface area contributed by atoms with Crippen LogP contribution in [0.1, 0.15) is 142 Å². The Morgan fingerprint density at radius 3 is 2.29 bits per heavy atom. The average molecular weight is 1270 g/mol. The van der Waals surface area contributed by atoms with E-state index in [-0.39, 0.29) is 93.1 Å². The second kappa shape index (κ2) is 28.3. The Bertz CT molecular complexity index is 3570. The Balaban J connectivity index is 0.864. The molecule has 2 aromatic heterocycles. The molecule has 27 heteroatoms. The maximum Gasteiger partial charge on any atom is 0.396 e. The zero-order chi connectivity index (χ0) is 64.8. The van der Waals surface area contributed by atoms with Crippen molar-refractivity contribution in [3.8, 4) is 16.2 Å². The van der Waals surface area contributed by atoms with Crippen LogP contribution in [0.3, 0.4) is 0 Å². The Morgan fingerprint density at radius 2 is 1.63 bits per heavy atom. The van der Waals surface area contributed by atoms with Crippen molar-refractivity contribution in [2.24, 2.45) is 11.1 Å². The molecule has 0 aliphatic carbocycles.